The van der Waals surface area contributed by atoms with Gasteiger partial charge in [-0.25, -0.2) is 9.78 Å². The highest BCUT2D eigenvalue weighted by Gasteiger charge is 2.50. The molecule has 3 aromatic carbocycles. The maximum Gasteiger partial charge on any atom is 0.413 e. The third kappa shape index (κ3) is 9.84. The van der Waals surface area contributed by atoms with Crippen molar-refractivity contribution in [1.29, 1.82) is 0 Å². The number of aromatic nitrogens is 4. The third-order valence-electron chi connectivity index (χ3n) is 11.0. The van der Waals surface area contributed by atoms with Gasteiger partial charge in [-0.3, -0.25) is 10.00 Å². The summed E-state index contributed by atoms with van der Waals surface area (Å²) in [5.41, 5.74) is 3.42. The van der Waals surface area contributed by atoms with Gasteiger partial charge in [0.25, 0.3) is 8.32 Å². The number of nitrogens with zero attached hydrogens (tertiary/aromatic N) is 5. The van der Waals surface area contributed by atoms with E-state index in [9.17, 15) is 4.79 Å². The van der Waals surface area contributed by atoms with Crippen molar-refractivity contribution >= 4 is 47.6 Å². The van der Waals surface area contributed by atoms with Crippen LogP contribution in [-0.4, -0.2) is 86.8 Å². The van der Waals surface area contributed by atoms with Crippen LogP contribution in [0.25, 0.3) is 11.0 Å². The molecule has 1 saturated heterocycles. The van der Waals surface area contributed by atoms with Gasteiger partial charge in [0.1, 0.15) is 11.3 Å². The minimum Gasteiger partial charge on any atom is -0.496 e. The highest BCUT2D eigenvalue weighted by atomic mass is 28.4. The molecule has 2 N–H and O–H groups in total. The first kappa shape index (κ1) is 41.8. The number of nitrogens with one attached hydrogen (secondary N) is 2. The van der Waals surface area contributed by atoms with E-state index < -0.39 is 14.4 Å². The number of hydrogen-bond acceptors (Lipinski definition) is 10. The summed E-state index contributed by atoms with van der Waals surface area (Å²) < 4.78 is 25.6. The average Bonchev–Trinajstić information content (AvgIpc) is 3.62. The monoisotopic (exact) mass is 793 g/mol. The summed E-state index contributed by atoms with van der Waals surface area (Å²) in [6.45, 7) is 15.8. The molecule has 0 atom stereocenters. The van der Waals surface area contributed by atoms with E-state index in [0.29, 0.717) is 43.1 Å². The van der Waals surface area contributed by atoms with Crippen LogP contribution in [0.4, 0.5) is 16.6 Å². The lowest BCUT2D eigenvalue weighted by molar-refractivity contribution is 0.0446. The molecule has 13 heteroatoms. The maximum atomic E-state index is 12.4. The second-order valence-electron chi connectivity index (χ2n) is 16.1. The standard InChI is InChI=1S/C44H59N7O5Si/c1-8-9-24-50(25-28-56-57(43(2,3)4,35-16-12-10-13-17-35)36-18-14-11-15-19-36)40-39-37(46-41(47-40)48-42(52)54-7)32-51(49-39)31-34-21-20-33(29-38(34)53-6)30-45-44(5)22-26-55-27-23-44/h10-21,29,32,45H,8-9,22-28,30-31H2,1-7H3,(H,46,48,52). The number of rotatable bonds is 17. The Balaban J connectivity index is 1.31. The van der Waals surface area contributed by atoms with E-state index in [1.165, 1.54) is 17.5 Å². The lowest BCUT2D eigenvalue weighted by Crippen LogP contribution is -2.67. The van der Waals surface area contributed by atoms with Gasteiger partial charge in [0.2, 0.25) is 5.95 Å². The van der Waals surface area contributed by atoms with Crippen LogP contribution in [0.5, 0.6) is 5.75 Å². The predicted molar refractivity (Wildman–Crippen MR) is 229 cm³/mol. The van der Waals surface area contributed by atoms with Crippen LogP contribution in [0.2, 0.25) is 5.04 Å². The van der Waals surface area contributed by atoms with E-state index in [1.54, 1.807) is 7.11 Å². The molecule has 12 nitrogen and oxygen atoms in total. The first-order chi connectivity index (χ1) is 27.5. The van der Waals surface area contributed by atoms with Gasteiger partial charge >= 0.3 is 6.09 Å². The Labute approximate surface area is 338 Å². The van der Waals surface area contributed by atoms with E-state index in [2.05, 4.69) is 129 Å². The molecular weight excluding hydrogens is 735 g/mol. The zero-order valence-corrected chi connectivity index (χ0v) is 35.6. The number of benzene rings is 3. The molecule has 1 aliphatic rings. The average molecular weight is 794 g/mol. The minimum atomic E-state index is -2.78. The second kappa shape index (κ2) is 18.6. The predicted octanol–water partition coefficient (Wildman–Crippen LogP) is 6.90. The molecule has 5 aromatic rings. The summed E-state index contributed by atoms with van der Waals surface area (Å²) in [5, 5.41) is 13.8. The van der Waals surface area contributed by atoms with Gasteiger partial charge in [-0.1, -0.05) is 107 Å². The first-order valence-electron chi connectivity index (χ1n) is 20.1. The fourth-order valence-corrected chi connectivity index (χ4v) is 12.3. The Morgan fingerprint density at radius 3 is 2.26 bits per heavy atom. The quantitative estimate of drug-likeness (QED) is 0.0961. The van der Waals surface area contributed by atoms with Gasteiger partial charge in [0.15, 0.2) is 11.3 Å². The SMILES string of the molecule is CCCCN(CCO[Si](c1ccccc1)(c1ccccc1)C(C)(C)C)c1nc(NC(=O)OC)nc2cn(Cc3ccc(CNC4(C)CCOCC4)cc3OC)nc12. The molecule has 2 aromatic heterocycles. The number of carbonyl (C=O) groups is 1. The minimum absolute atomic E-state index is 0.0538. The Hall–Kier alpha value is -4.82. The smallest absolute Gasteiger partial charge is 0.413 e. The number of anilines is 2. The van der Waals surface area contributed by atoms with Gasteiger partial charge in [0.05, 0.1) is 33.6 Å². The Morgan fingerprint density at radius 2 is 1.65 bits per heavy atom. The Morgan fingerprint density at radius 1 is 0.965 bits per heavy atom. The van der Waals surface area contributed by atoms with Gasteiger partial charge in [-0.05, 0) is 53.2 Å². The van der Waals surface area contributed by atoms with Crippen molar-refractivity contribution < 1.29 is 23.4 Å². The largest absolute Gasteiger partial charge is 0.496 e. The molecule has 0 spiro atoms. The van der Waals surface area contributed by atoms with E-state index in [-0.39, 0.29) is 16.5 Å². The van der Waals surface area contributed by atoms with Crippen LogP contribution in [0.15, 0.2) is 85.1 Å². The zero-order valence-electron chi connectivity index (χ0n) is 34.6. The molecule has 0 bridgehead atoms. The molecule has 0 radical (unpaired) electrons. The van der Waals surface area contributed by atoms with E-state index in [4.69, 9.17) is 33.7 Å². The molecular formula is C44H59N7O5Si. The van der Waals surface area contributed by atoms with E-state index in [1.807, 2.05) is 10.9 Å². The number of ether oxygens (including phenoxy) is 3. The summed E-state index contributed by atoms with van der Waals surface area (Å²) in [6, 6.07) is 27.7. The van der Waals surface area contributed by atoms with Crippen molar-refractivity contribution in [2.75, 3.05) is 57.3 Å². The highest BCUT2D eigenvalue weighted by Crippen LogP contribution is 2.37. The molecule has 0 saturated carbocycles. The van der Waals surface area contributed by atoms with Crippen molar-refractivity contribution in [3.63, 3.8) is 0 Å². The normalized spacial score (nSPS) is 14.4. The van der Waals surface area contributed by atoms with Crippen molar-refractivity contribution in [3.05, 3.63) is 96.2 Å². The fraction of sp³-hybridized carbons (Fsp3) is 0.455. The Kier molecular flexibility index (Phi) is 13.7. The van der Waals surface area contributed by atoms with Gasteiger partial charge in [-0.2, -0.15) is 10.1 Å². The van der Waals surface area contributed by atoms with E-state index in [0.717, 1.165) is 62.3 Å². The molecule has 6 rings (SSSR count). The lowest BCUT2D eigenvalue weighted by Gasteiger charge is -2.43. The number of fused-ring (bicyclic) bond motifs is 1. The zero-order chi connectivity index (χ0) is 40.5. The second-order valence-corrected chi connectivity index (χ2v) is 20.4. The van der Waals surface area contributed by atoms with Crippen LogP contribution in [0.3, 0.4) is 0 Å². The van der Waals surface area contributed by atoms with Crippen molar-refractivity contribution in [2.24, 2.45) is 0 Å². The number of amides is 1. The summed E-state index contributed by atoms with van der Waals surface area (Å²) in [6.07, 6.45) is 5.13. The number of hydrogen-bond donors (Lipinski definition) is 2. The third-order valence-corrected chi connectivity index (χ3v) is 16.0. The molecule has 1 amide bonds. The molecule has 0 aliphatic carbocycles. The molecule has 0 unspecified atom stereocenters. The van der Waals surface area contributed by atoms with Crippen LogP contribution in [-0.2, 0) is 27.0 Å². The molecule has 304 valence electrons. The number of unbranched alkanes of at least 4 members (excludes halogenated alkanes) is 1. The van der Waals surface area contributed by atoms with Gasteiger partial charge in [-0.15, -0.1) is 0 Å². The maximum absolute atomic E-state index is 12.4. The topological polar surface area (TPSA) is 125 Å². The summed E-state index contributed by atoms with van der Waals surface area (Å²) in [4.78, 5) is 24.2. The Bertz CT molecular complexity index is 2030. The lowest BCUT2D eigenvalue weighted by atomic mass is 9.92. The highest BCUT2D eigenvalue weighted by molar-refractivity contribution is 6.99. The summed E-state index contributed by atoms with van der Waals surface area (Å²) in [7, 11) is 0.237. The fourth-order valence-electron chi connectivity index (χ4n) is 7.71. The van der Waals surface area contributed by atoms with Crippen molar-refractivity contribution in [3.8, 4) is 5.75 Å². The summed E-state index contributed by atoms with van der Waals surface area (Å²) in [5.74, 6) is 1.56. The van der Waals surface area contributed by atoms with Crippen LogP contribution >= 0.6 is 0 Å². The van der Waals surface area contributed by atoms with Crippen LogP contribution in [0.1, 0.15) is 71.4 Å². The first-order valence-corrected chi connectivity index (χ1v) is 22.0. The van der Waals surface area contributed by atoms with Gasteiger partial charge in [0, 0.05) is 44.0 Å². The molecule has 1 fully saturated rings. The van der Waals surface area contributed by atoms with E-state index >= 15 is 0 Å². The van der Waals surface area contributed by atoms with Crippen LogP contribution in [0, 0.1) is 0 Å². The molecule has 3 heterocycles. The molecule has 1 aliphatic heterocycles. The number of carbonyl (C=O) groups excluding carboxylic acids is 1. The molecule has 57 heavy (non-hydrogen) atoms. The summed E-state index contributed by atoms with van der Waals surface area (Å²) >= 11 is 0. The van der Waals surface area contributed by atoms with Crippen molar-refractivity contribution in [2.45, 2.75) is 84.0 Å². The van der Waals surface area contributed by atoms with Crippen molar-refractivity contribution in [1.82, 2.24) is 25.1 Å². The van der Waals surface area contributed by atoms with Gasteiger partial charge < -0.3 is 28.9 Å². The number of methoxy groups -OCH3 is 2. The van der Waals surface area contributed by atoms with Crippen LogP contribution < -0.4 is 30.6 Å².